The SMILES string of the molecule is Cc1ccc(S(=O)(=O)N2CCCCCC2)cc1C(=O)NCc1cccc(OC(C)C)c1. The lowest BCUT2D eigenvalue weighted by Crippen LogP contribution is -2.32. The molecule has 0 aliphatic carbocycles. The number of nitrogens with zero attached hydrogens (tertiary/aromatic N) is 1. The molecule has 31 heavy (non-hydrogen) atoms. The molecule has 1 saturated heterocycles. The fraction of sp³-hybridized carbons (Fsp3) is 0.458. The topological polar surface area (TPSA) is 75.7 Å². The third kappa shape index (κ3) is 6.08. The molecular formula is C24H32N2O4S. The Morgan fingerprint density at radius 2 is 1.77 bits per heavy atom. The Bertz CT molecular complexity index is 1010. The predicted molar refractivity (Wildman–Crippen MR) is 122 cm³/mol. The van der Waals surface area contributed by atoms with Crippen molar-refractivity contribution in [3.8, 4) is 5.75 Å². The zero-order valence-electron chi connectivity index (χ0n) is 18.6. The highest BCUT2D eigenvalue weighted by molar-refractivity contribution is 7.89. The van der Waals surface area contributed by atoms with E-state index in [1.165, 1.54) is 6.07 Å². The van der Waals surface area contributed by atoms with Crippen molar-refractivity contribution in [2.24, 2.45) is 0 Å². The molecule has 1 amide bonds. The number of nitrogens with one attached hydrogen (secondary N) is 1. The lowest BCUT2D eigenvalue weighted by atomic mass is 10.1. The normalized spacial score (nSPS) is 15.5. The number of carbonyl (C=O) groups excluding carboxylic acids is 1. The van der Waals surface area contributed by atoms with Gasteiger partial charge in [0.05, 0.1) is 11.0 Å². The zero-order valence-corrected chi connectivity index (χ0v) is 19.4. The molecule has 2 aromatic rings. The second-order valence-electron chi connectivity index (χ2n) is 8.29. The largest absolute Gasteiger partial charge is 0.491 e. The molecule has 1 heterocycles. The second kappa shape index (κ2) is 10.3. The maximum atomic E-state index is 13.1. The average molecular weight is 445 g/mol. The summed E-state index contributed by atoms with van der Waals surface area (Å²) in [5, 5.41) is 2.90. The number of amides is 1. The molecule has 1 N–H and O–H groups in total. The summed E-state index contributed by atoms with van der Waals surface area (Å²) in [6.45, 7) is 7.14. The molecular weight excluding hydrogens is 412 g/mol. The first-order valence-corrected chi connectivity index (χ1v) is 12.4. The van der Waals surface area contributed by atoms with Crippen molar-refractivity contribution in [2.75, 3.05) is 13.1 Å². The summed E-state index contributed by atoms with van der Waals surface area (Å²) in [6, 6.07) is 12.4. The van der Waals surface area contributed by atoms with Crippen molar-refractivity contribution in [1.29, 1.82) is 0 Å². The fourth-order valence-electron chi connectivity index (χ4n) is 3.72. The number of benzene rings is 2. The van der Waals surface area contributed by atoms with Crippen molar-refractivity contribution >= 4 is 15.9 Å². The van der Waals surface area contributed by atoms with E-state index in [0.717, 1.165) is 42.6 Å². The summed E-state index contributed by atoms with van der Waals surface area (Å²) < 4.78 is 33.5. The van der Waals surface area contributed by atoms with Gasteiger partial charge >= 0.3 is 0 Å². The maximum absolute atomic E-state index is 13.1. The van der Waals surface area contributed by atoms with Crippen LogP contribution < -0.4 is 10.1 Å². The molecule has 0 spiro atoms. The van der Waals surface area contributed by atoms with Crippen molar-refractivity contribution in [3.63, 3.8) is 0 Å². The first-order valence-electron chi connectivity index (χ1n) is 10.9. The Balaban J connectivity index is 1.74. The Labute approximate surface area is 185 Å². The number of hydrogen-bond acceptors (Lipinski definition) is 4. The van der Waals surface area contributed by atoms with Crippen LogP contribution in [0.4, 0.5) is 0 Å². The second-order valence-corrected chi connectivity index (χ2v) is 10.2. The van der Waals surface area contributed by atoms with Crippen LogP contribution in [0.3, 0.4) is 0 Å². The molecule has 7 heteroatoms. The summed E-state index contributed by atoms with van der Waals surface area (Å²) in [5.41, 5.74) is 2.03. The fourth-order valence-corrected chi connectivity index (χ4v) is 5.26. The quantitative estimate of drug-likeness (QED) is 0.692. The molecule has 1 fully saturated rings. The standard InChI is InChI=1S/C24H32N2O4S/c1-18(2)30-21-10-8-9-20(15-21)17-25-24(27)23-16-22(12-11-19(23)3)31(28,29)26-13-6-4-5-7-14-26/h8-12,15-16,18H,4-7,13-14,17H2,1-3H3,(H,25,27). The Morgan fingerprint density at radius 3 is 2.45 bits per heavy atom. The number of aryl methyl sites for hydroxylation is 1. The van der Waals surface area contributed by atoms with Crippen molar-refractivity contribution in [2.45, 2.75) is 64.0 Å². The highest BCUT2D eigenvalue weighted by Crippen LogP contribution is 2.23. The molecule has 0 aromatic heterocycles. The molecule has 168 valence electrons. The Kier molecular flexibility index (Phi) is 7.73. The number of sulfonamides is 1. The van der Waals surface area contributed by atoms with Gasteiger partial charge < -0.3 is 10.1 Å². The minimum Gasteiger partial charge on any atom is -0.491 e. The Hall–Kier alpha value is -2.38. The highest BCUT2D eigenvalue weighted by atomic mass is 32.2. The lowest BCUT2D eigenvalue weighted by molar-refractivity contribution is 0.0950. The van der Waals surface area contributed by atoms with Gasteiger partial charge in [0, 0.05) is 25.2 Å². The summed E-state index contributed by atoms with van der Waals surface area (Å²) in [7, 11) is -3.61. The van der Waals surface area contributed by atoms with Crippen LogP contribution in [0.2, 0.25) is 0 Å². The van der Waals surface area contributed by atoms with Crippen LogP contribution in [-0.4, -0.2) is 37.8 Å². The van der Waals surface area contributed by atoms with E-state index in [2.05, 4.69) is 5.32 Å². The third-order valence-corrected chi connectivity index (χ3v) is 7.27. The van der Waals surface area contributed by atoms with Gasteiger partial charge in [0.25, 0.3) is 5.91 Å². The summed E-state index contributed by atoms with van der Waals surface area (Å²) in [6.07, 6.45) is 3.92. The first kappa shape index (κ1) is 23.3. The van der Waals surface area contributed by atoms with Gasteiger partial charge in [-0.15, -0.1) is 0 Å². The molecule has 0 radical (unpaired) electrons. The zero-order chi connectivity index (χ0) is 22.4. The molecule has 6 nitrogen and oxygen atoms in total. The molecule has 1 aliphatic heterocycles. The lowest BCUT2D eigenvalue weighted by Gasteiger charge is -2.20. The molecule has 0 unspecified atom stereocenters. The number of rotatable bonds is 7. The van der Waals surface area contributed by atoms with E-state index in [0.29, 0.717) is 25.2 Å². The van der Waals surface area contributed by atoms with Gasteiger partial charge in [0.1, 0.15) is 5.75 Å². The predicted octanol–water partition coefficient (Wildman–Crippen LogP) is 4.28. The number of ether oxygens (including phenoxy) is 1. The molecule has 1 aliphatic rings. The molecule has 0 saturated carbocycles. The van der Waals surface area contributed by atoms with Crippen molar-refractivity contribution in [3.05, 3.63) is 59.2 Å². The average Bonchev–Trinajstić information content (AvgIpc) is 3.02. The van der Waals surface area contributed by atoms with E-state index < -0.39 is 10.0 Å². The van der Waals surface area contributed by atoms with E-state index in [-0.39, 0.29) is 16.9 Å². The smallest absolute Gasteiger partial charge is 0.251 e. The molecule has 2 aromatic carbocycles. The van der Waals surface area contributed by atoms with E-state index in [1.54, 1.807) is 16.4 Å². The van der Waals surface area contributed by atoms with Crippen molar-refractivity contribution < 1.29 is 17.9 Å². The summed E-state index contributed by atoms with van der Waals surface area (Å²) in [4.78, 5) is 13.0. The number of carbonyl (C=O) groups is 1. The van der Waals surface area contributed by atoms with Gasteiger partial charge in [-0.2, -0.15) is 4.31 Å². The molecule has 0 bridgehead atoms. The van der Waals surface area contributed by atoms with Crippen LogP contribution in [0.25, 0.3) is 0 Å². The minimum absolute atomic E-state index is 0.0707. The van der Waals surface area contributed by atoms with Gasteiger partial charge in [-0.1, -0.05) is 31.0 Å². The Morgan fingerprint density at radius 1 is 1.06 bits per heavy atom. The van der Waals surface area contributed by atoms with Crippen LogP contribution in [0.5, 0.6) is 5.75 Å². The van der Waals surface area contributed by atoms with Gasteiger partial charge in [-0.25, -0.2) is 8.42 Å². The van der Waals surface area contributed by atoms with Crippen LogP contribution in [-0.2, 0) is 16.6 Å². The van der Waals surface area contributed by atoms with E-state index >= 15 is 0 Å². The monoisotopic (exact) mass is 444 g/mol. The van der Waals surface area contributed by atoms with E-state index in [4.69, 9.17) is 4.74 Å². The summed E-state index contributed by atoms with van der Waals surface area (Å²) in [5.74, 6) is 0.462. The van der Waals surface area contributed by atoms with Gasteiger partial charge in [-0.05, 0) is 69.0 Å². The van der Waals surface area contributed by atoms with Gasteiger partial charge in [0.15, 0.2) is 0 Å². The minimum atomic E-state index is -3.61. The summed E-state index contributed by atoms with van der Waals surface area (Å²) >= 11 is 0. The maximum Gasteiger partial charge on any atom is 0.251 e. The highest BCUT2D eigenvalue weighted by Gasteiger charge is 2.26. The van der Waals surface area contributed by atoms with Gasteiger partial charge in [0.2, 0.25) is 10.0 Å². The van der Waals surface area contributed by atoms with Gasteiger partial charge in [-0.3, -0.25) is 4.79 Å². The van der Waals surface area contributed by atoms with Crippen LogP contribution in [0.1, 0.15) is 61.0 Å². The number of hydrogen-bond donors (Lipinski definition) is 1. The first-order chi connectivity index (χ1) is 14.8. The van der Waals surface area contributed by atoms with E-state index in [1.807, 2.05) is 45.0 Å². The van der Waals surface area contributed by atoms with Crippen LogP contribution in [0.15, 0.2) is 47.4 Å². The molecule has 0 atom stereocenters. The van der Waals surface area contributed by atoms with E-state index in [9.17, 15) is 13.2 Å². The molecule has 3 rings (SSSR count). The van der Waals surface area contributed by atoms with Crippen LogP contribution in [0, 0.1) is 6.92 Å². The third-order valence-electron chi connectivity index (χ3n) is 5.38. The van der Waals surface area contributed by atoms with Crippen molar-refractivity contribution in [1.82, 2.24) is 9.62 Å². The van der Waals surface area contributed by atoms with Crippen LogP contribution >= 0.6 is 0 Å².